The standard InChI is InChI=1S/C20H30N6O3/c1-21-20(22-10-5-11-29-17-7-4-6-16(12-17)28-3)23-15-8-9-19-24-18(14-27-2)25-26(19)13-15/h4,6-7,12,15H,5,8-11,13-14H2,1-3H3,(H2,21,22,23). The van der Waals surface area contributed by atoms with Gasteiger partial charge in [-0.2, -0.15) is 5.10 Å². The molecule has 158 valence electrons. The Bertz CT molecular complexity index is 807. The first-order chi connectivity index (χ1) is 14.2. The van der Waals surface area contributed by atoms with Crippen LogP contribution in [0.1, 0.15) is 24.5 Å². The number of hydrogen-bond acceptors (Lipinski definition) is 6. The van der Waals surface area contributed by atoms with E-state index in [1.54, 1.807) is 21.3 Å². The predicted octanol–water partition coefficient (Wildman–Crippen LogP) is 1.38. The van der Waals surface area contributed by atoms with Crippen molar-refractivity contribution in [2.75, 3.05) is 34.4 Å². The minimum absolute atomic E-state index is 0.263. The quantitative estimate of drug-likeness (QED) is 0.372. The fraction of sp³-hybridized carbons (Fsp3) is 0.550. The summed E-state index contributed by atoms with van der Waals surface area (Å²) in [7, 11) is 5.08. The molecule has 0 saturated heterocycles. The zero-order valence-electron chi connectivity index (χ0n) is 17.4. The monoisotopic (exact) mass is 402 g/mol. The number of hydrogen-bond donors (Lipinski definition) is 2. The molecule has 2 N–H and O–H groups in total. The number of aliphatic imine (C=N–C) groups is 1. The van der Waals surface area contributed by atoms with E-state index in [2.05, 4.69) is 25.7 Å². The van der Waals surface area contributed by atoms with E-state index in [0.717, 1.165) is 61.5 Å². The van der Waals surface area contributed by atoms with Crippen LogP contribution in [0.5, 0.6) is 11.5 Å². The normalized spacial score (nSPS) is 16.2. The summed E-state index contributed by atoms with van der Waals surface area (Å²) in [6.07, 6.45) is 2.74. The smallest absolute Gasteiger partial charge is 0.191 e. The first kappa shape index (κ1) is 20.9. The van der Waals surface area contributed by atoms with E-state index in [1.807, 2.05) is 28.9 Å². The van der Waals surface area contributed by atoms with E-state index in [4.69, 9.17) is 14.2 Å². The summed E-state index contributed by atoms with van der Waals surface area (Å²) < 4.78 is 18.1. The largest absolute Gasteiger partial charge is 0.497 e. The molecule has 9 heteroatoms. The summed E-state index contributed by atoms with van der Waals surface area (Å²) >= 11 is 0. The van der Waals surface area contributed by atoms with Gasteiger partial charge in [0.25, 0.3) is 0 Å². The third kappa shape index (κ3) is 6.08. The van der Waals surface area contributed by atoms with Crippen LogP contribution in [0.2, 0.25) is 0 Å². The summed E-state index contributed by atoms with van der Waals surface area (Å²) in [4.78, 5) is 8.83. The lowest BCUT2D eigenvalue weighted by Crippen LogP contribution is -2.47. The molecule has 9 nitrogen and oxygen atoms in total. The molecule has 1 unspecified atom stereocenters. The van der Waals surface area contributed by atoms with Gasteiger partial charge in [0.15, 0.2) is 11.8 Å². The molecule has 1 aliphatic heterocycles. The Morgan fingerprint density at radius 3 is 2.97 bits per heavy atom. The Morgan fingerprint density at radius 2 is 2.17 bits per heavy atom. The van der Waals surface area contributed by atoms with E-state index < -0.39 is 0 Å². The Morgan fingerprint density at radius 1 is 1.31 bits per heavy atom. The average Bonchev–Trinajstić information content (AvgIpc) is 3.14. The summed E-state index contributed by atoms with van der Waals surface area (Å²) in [5.41, 5.74) is 0. The van der Waals surface area contributed by atoms with Crippen LogP contribution in [0.4, 0.5) is 0 Å². The van der Waals surface area contributed by atoms with Crippen LogP contribution in [0.25, 0.3) is 0 Å². The number of nitrogens with one attached hydrogen (secondary N) is 2. The Hall–Kier alpha value is -2.81. The van der Waals surface area contributed by atoms with Gasteiger partial charge in [0.2, 0.25) is 0 Å². The highest BCUT2D eigenvalue weighted by Crippen LogP contribution is 2.18. The minimum atomic E-state index is 0.263. The molecule has 1 aromatic heterocycles. The number of benzene rings is 1. The van der Waals surface area contributed by atoms with Gasteiger partial charge in [0.05, 0.1) is 20.3 Å². The molecule has 0 spiro atoms. The second-order valence-electron chi connectivity index (χ2n) is 6.82. The fourth-order valence-electron chi connectivity index (χ4n) is 3.22. The molecule has 2 aromatic rings. The summed E-state index contributed by atoms with van der Waals surface area (Å²) in [6.45, 7) is 2.60. The van der Waals surface area contributed by atoms with Gasteiger partial charge in [-0.15, -0.1) is 0 Å². The lowest BCUT2D eigenvalue weighted by Gasteiger charge is -2.25. The molecule has 1 atom stereocenters. The number of fused-ring (bicyclic) bond motifs is 1. The highest BCUT2D eigenvalue weighted by Gasteiger charge is 2.22. The molecule has 0 aliphatic carbocycles. The van der Waals surface area contributed by atoms with Crippen molar-refractivity contribution in [1.29, 1.82) is 0 Å². The van der Waals surface area contributed by atoms with Crippen LogP contribution in [0.15, 0.2) is 29.3 Å². The van der Waals surface area contributed by atoms with Crippen LogP contribution in [0.3, 0.4) is 0 Å². The second-order valence-corrected chi connectivity index (χ2v) is 6.82. The molecule has 0 fully saturated rings. The first-order valence-corrected chi connectivity index (χ1v) is 9.87. The van der Waals surface area contributed by atoms with Crippen molar-refractivity contribution >= 4 is 5.96 Å². The van der Waals surface area contributed by atoms with Gasteiger partial charge in [-0.05, 0) is 25.0 Å². The lowest BCUT2D eigenvalue weighted by molar-refractivity contribution is 0.177. The van der Waals surface area contributed by atoms with Crippen LogP contribution in [0, 0.1) is 0 Å². The average molecular weight is 402 g/mol. The van der Waals surface area contributed by atoms with Gasteiger partial charge >= 0.3 is 0 Å². The van der Waals surface area contributed by atoms with Crippen molar-refractivity contribution in [3.05, 3.63) is 35.9 Å². The van der Waals surface area contributed by atoms with Crippen LogP contribution < -0.4 is 20.1 Å². The number of guanidine groups is 1. The van der Waals surface area contributed by atoms with E-state index in [9.17, 15) is 0 Å². The highest BCUT2D eigenvalue weighted by atomic mass is 16.5. The Balaban J connectivity index is 1.38. The predicted molar refractivity (Wildman–Crippen MR) is 110 cm³/mol. The van der Waals surface area contributed by atoms with Gasteiger partial charge in [-0.25, -0.2) is 9.67 Å². The maximum absolute atomic E-state index is 5.77. The maximum atomic E-state index is 5.77. The molecule has 0 bridgehead atoms. The third-order valence-corrected chi connectivity index (χ3v) is 4.66. The third-order valence-electron chi connectivity index (χ3n) is 4.66. The number of rotatable bonds is 9. The number of aromatic nitrogens is 3. The van der Waals surface area contributed by atoms with Gasteiger partial charge in [0, 0.05) is 39.2 Å². The van der Waals surface area contributed by atoms with Crippen molar-refractivity contribution in [1.82, 2.24) is 25.4 Å². The second kappa shape index (κ2) is 10.7. The number of nitrogens with zero attached hydrogens (tertiary/aromatic N) is 4. The van der Waals surface area contributed by atoms with Crippen molar-refractivity contribution in [2.24, 2.45) is 4.99 Å². The van der Waals surface area contributed by atoms with E-state index in [0.29, 0.717) is 13.2 Å². The molecular formula is C20H30N6O3. The van der Waals surface area contributed by atoms with Gasteiger partial charge < -0.3 is 24.8 Å². The van der Waals surface area contributed by atoms with E-state index >= 15 is 0 Å². The van der Waals surface area contributed by atoms with Crippen LogP contribution in [-0.2, 0) is 24.3 Å². The summed E-state index contributed by atoms with van der Waals surface area (Å²) in [6, 6.07) is 7.89. The van der Waals surface area contributed by atoms with Gasteiger partial charge in [-0.3, -0.25) is 4.99 Å². The lowest BCUT2D eigenvalue weighted by atomic mass is 10.1. The summed E-state index contributed by atoms with van der Waals surface area (Å²) in [5, 5.41) is 11.3. The molecule has 2 heterocycles. The van der Waals surface area contributed by atoms with Crippen molar-refractivity contribution in [2.45, 2.75) is 38.5 Å². The molecule has 0 radical (unpaired) electrons. The van der Waals surface area contributed by atoms with Crippen LogP contribution in [-0.4, -0.2) is 61.2 Å². The Labute approximate surface area is 171 Å². The topological polar surface area (TPSA) is 94.8 Å². The first-order valence-electron chi connectivity index (χ1n) is 9.87. The molecule has 0 saturated carbocycles. The molecule has 29 heavy (non-hydrogen) atoms. The maximum Gasteiger partial charge on any atom is 0.191 e. The number of methoxy groups -OCH3 is 2. The fourth-order valence-corrected chi connectivity index (χ4v) is 3.22. The van der Waals surface area contributed by atoms with E-state index in [-0.39, 0.29) is 6.04 Å². The molecule has 0 amide bonds. The van der Waals surface area contributed by atoms with Gasteiger partial charge in [-0.1, -0.05) is 6.07 Å². The molecule has 1 aliphatic rings. The molecule has 1 aromatic carbocycles. The van der Waals surface area contributed by atoms with E-state index in [1.165, 1.54) is 0 Å². The number of ether oxygens (including phenoxy) is 3. The van der Waals surface area contributed by atoms with Crippen molar-refractivity contribution in [3.63, 3.8) is 0 Å². The van der Waals surface area contributed by atoms with Gasteiger partial charge in [0.1, 0.15) is 23.9 Å². The number of aryl methyl sites for hydroxylation is 1. The molecular weight excluding hydrogens is 372 g/mol. The zero-order valence-corrected chi connectivity index (χ0v) is 17.4. The minimum Gasteiger partial charge on any atom is -0.497 e. The zero-order chi connectivity index (χ0) is 20.5. The Kier molecular flexibility index (Phi) is 7.69. The highest BCUT2D eigenvalue weighted by molar-refractivity contribution is 5.79. The van der Waals surface area contributed by atoms with Crippen molar-refractivity contribution in [3.8, 4) is 11.5 Å². The SMILES string of the molecule is CN=C(NCCCOc1cccc(OC)c1)NC1CCc2nc(COC)nn2C1. The summed E-state index contributed by atoms with van der Waals surface area (Å²) in [5.74, 6) is 4.15. The molecule has 3 rings (SSSR count). The van der Waals surface area contributed by atoms with Crippen LogP contribution >= 0.6 is 0 Å². The van der Waals surface area contributed by atoms with Crippen molar-refractivity contribution < 1.29 is 14.2 Å².